The number of nitrogens with one attached hydrogen (secondary N) is 2. The van der Waals surface area contributed by atoms with E-state index in [1.807, 2.05) is 0 Å². The summed E-state index contributed by atoms with van der Waals surface area (Å²) in [7, 11) is 0. The second-order valence-corrected chi connectivity index (χ2v) is 9.66. The SMILES string of the molecule is C=C/C(C(=O)NCC(=O)NCC(F)(F)F)=c1/cccc/c1=C(/C)C1=NOC(c2cc(Cl)cc(C(F)(F)F)c2)(C(F)(F)F)C1. The van der Waals surface area contributed by atoms with Gasteiger partial charge in [-0.2, -0.15) is 39.5 Å². The molecule has 3 rings (SSSR count). The van der Waals surface area contributed by atoms with Crippen molar-refractivity contribution in [2.75, 3.05) is 13.1 Å². The highest BCUT2D eigenvalue weighted by atomic mass is 35.5. The van der Waals surface area contributed by atoms with E-state index in [2.05, 4.69) is 17.1 Å². The number of hydrogen-bond acceptors (Lipinski definition) is 4. The first-order chi connectivity index (χ1) is 19.8. The molecule has 6 nitrogen and oxygen atoms in total. The lowest BCUT2D eigenvalue weighted by Gasteiger charge is -2.30. The lowest BCUT2D eigenvalue weighted by Crippen LogP contribution is -2.43. The Kier molecular flexibility index (Phi) is 9.59. The van der Waals surface area contributed by atoms with Crippen LogP contribution in [0.2, 0.25) is 5.02 Å². The van der Waals surface area contributed by atoms with Gasteiger partial charge in [0, 0.05) is 22.6 Å². The molecule has 0 aromatic heterocycles. The topological polar surface area (TPSA) is 79.8 Å². The Bertz CT molecular complexity index is 1580. The Morgan fingerprint density at radius 3 is 2.21 bits per heavy atom. The quantitative estimate of drug-likeness (QED) is 0.423. The zero-order chi connectivity index (χ0) is 32.4. The molecule has 2 aromatic rings. The van der Waals surface area contributed by atoms with Crippen LogP contribution in [0.5, 0.6) is 0 Å². The summed E-state index contributed by atoms with van der Waals surface area (Å²) in [6.07, 6.45) is -14.9. The molecule has 43 heavy (non-hydrogen) atoms. The van der Waals surface area contributed by atoms with Crippen LogP contribution >= 0.6 is 11.6 Å². The van der Waals surface area contributed by atoms with Crippen LogP contribution in [0.25, 0.3) is 11.1 Å². The molecule has 0 fully saturated rings. The molecule has 2 aromatic carbocycles. The molecule has 2 N–H and O–H groups in total. The summed E-state index contributed by atoms with van der Waals surface area (Å²) in [6.45, 7) is 2.42. The van der Waals surface area contributed by atoms with Crippen molar-refractivity contribution in [3.63, 3.8) is 0 Å². The van der Waals surface area contributed by atoms with Crippen molar-refractivity contribution >= 4 is 40.3 Å². The summed E-state index contributed by atoms with van der Waals surface area (Å²) in [5, 5.41) is 6.91. The number of halogens is 10. The number of nitrogens with zero attached hydrogens (tertiary/aromatic N) is 1. The van der Waals surface area contributed by atoms with Gasteiger partial charge in [-0.05, 0) is 41.1 Å². The van der Waals surface area contributed by atoms with Gasteiger partial charge in [0.05, 0.1) is 17.8 Å². The van der Waals surface area contributed by atoms with Crippen molar-refractivity contribution in [1.29, 1.82) is 0 Å². The van der Waals surface area contributed by atoms with Crippen molar-refractivity contribution in [1.82, 2.24) is 10.6 Å². The van der Waals surface area contributed by atoms with Crippen LogP contribution in [0.15, 0.2) is 60.3 Å². The largest absolute Gasteiger partial charge is 0.435 e. The molecule has 1 aliphatic rings. The number of alkyl halides is 9. The first kappa shape index (κ1) is 33.5. The van der Waals surface area contributed by atoms with E-state index in [9.17, 15) is 49.1 Å². The van der Waals surface area contributed by atoms with E-state index in [1.165, 1.54) is 31.2 Å². The fourth-order valence-corrected chi connectivity index (χ4v) is 4.37. The number of carbonyl (C=O) groups excluding carboxylic acids is 2. The molecule has 232 valence electrons. The van der Waals surface area contributed by atoms with Crippen molar-refractivity contribution in [3.8, 4) is 0 Å². The third-order valence-corrected chi connectivity index (χ3v) is 6.49. The summed E-state index contributed by atoms with van der Waals surface area (Å²) in [5.74, 6) is -2.08. The zero-order valence-electron chi connectivity index (χ0n) is 21.9. The second kappa shape index (κ2) is 12.3. The van der Waals surface area contributed by atoms with Crippen molar-refractivity contribution in [2.24, 2.45) is 5.16 Å². The molecule has 1 aliphatic heterocycles. The smallest absolute Gasteiger partial charge is 0.374 e. The maximum absolute atomic E-state index is 14.4. The molecule has 16 heteroatoms. The molecule has 1 atom stereocenters. The average Bonchev–Trinajstić information content (AvgIpc) is 3.37. The third kappa shape index (κ3) is 7.69. The van der Waals surface area contributed by atoms with E-state index in [-0.39, 0.29) is 33.4 Å². The maximum Gasteiger partial charge on any atom is 0.435 e. The summed E-state index contributed by atoms with van der Waals surface area (Å²) < 4.78 is 120. The summed E-state index contributed by atoms with van der Waals surface area (Å²) >= 11 is 5.73. The molecule has 0 saturated heterocycles. The van der Waals surface area contributed by atoms with E-state index in [4.69, 9.17) is 16.4 Å². The number of amides is 2. The molecule has 0 bridgehead atoms. The number of carbonyl (C=O) groups is 2. The summed E-state index contributed by atoms with van der Waals surface area (Å²) in [5.41, 5.74) is -6.13. The zero-order valence-corrected chi connectivity index (χ0v) is 22.7. The highest BCUT2D eigenvalue weighted by Crippen LogP contribution is 2.50. The predicted octanol–water partition coefficient (Wildman–Crippen LogP) is 4.89. The molecule has 0 spiro atoms. The number of rotatable bonds is 7. The van der Waals surface area contributed by atoms with E-state index in [0.717, 1.165) is 6.08 Å². The number of hydrogen-bond donors (Lipinski definition) is 2. The Morgan fingerprint density at radius 1 is 1.02 bits per heavy atom. The number of oxime groups is 1. The Hall–Kier alpha value is -4.01. The van der Waals surface area contributed by atoms with Gasteiger partial charge < -0.3 is 15.5 Å². The van der Waals surface area contributed by atoms with Gasteiger partial charge in [-0.1, -0.05) is 53.7 Å². The van der Waals surface area contributed by atoms with E-state index in [1.54, 1.807) is 5.32 Å². The van der Waals surface area contributed by atoms with Crippen LogP contribution in [0.3, 0.4) is 0 Å². The summed E-state index contributed by atoms with van der Waals surface area (Å²) in [6, 6.07) is 7.19. The van der Waals surface area contributed by atoms with E-state index in [0.29, 0.717) is 12.1 Å². The Labute approximate surface area is 242 Å². The fourth-order valence-electron chi connectivity index (χ4n) is 4.13. The van der Waals surface area contributed by atoms with E-state index < -0.39 is 71.6 Å². The standard InChI is InChI=1S/C27H21ClF9N3O3/c1-3-18(23(42)38-12-22(41)39-13-25(29,30)31)20-7-5-4-6-19(20)14(2)21-11-24(43-40-21,27(35,36)37)15-8-16(26(32,33)34)10-17(28)9-15/h3-10H,1,11-13H2,2H3,(H,38,42)(H,39,41)/b19-14+,20-18+. The van der Waals surface area contributed by atoms with Gasteiger partial charge in [0.25, 0.3) is 11.5 Å². The minimum absolute atomic E-state index is 0.0508. The third-order valence-electron chi connectivity index (χ3n) is 6.28. The molecule has 1 heterocycles. The van der Waals surface area contributed by atoms with Gasteiger partial charge in [-0.15, -0.1) is 0 Å². The van der Waals surface area contributed by atoms with E-state index >= 15 is 0 Å². The minimum atomic E-state index is -5.25. The van der Waals surface area contributed by atoms with Crippen molar-refractivity contribution in [3.05, 3.63) is 81.7 Å². The van der Waals surface area contributed by atoms with Crippen LogP contribution in [0.4, 0.5) is 39.5 Å². The first-order valence-electron chi connectivity index (χ1n) is 12.0. The van der Waals surface area contributed by atoms with Gasteiger partial charge in [0.15, 0.2) is 0 Å². The van der Waals surface area contributed by atoms with Crippen LogP contribution in [-0.4, -0.2) is 43.0 Å². The van der Waals surface area contributed by atoms with Crippen molar-refractivity contribution in [2.45, 2.75) is 37.5 Å². The van der Waals surface area contributed by atoms with Gasteiger partial charge in [-0.25, -0.2) is 0 Å². The lowest BCUT2D eigenvalue weighted by molar-refractivity contribution is -0.276. The molecular weight excluding hydrogens is 621 g/mol. The predicted molar refractivity (Wildman–Crippen MR) is 138 cm³/mol. The normalized spacial score (nSPS) is 18.7. The highest BCUT2D eigenvalue weighted by Gasteiger charge is 2.62. The molecule has 2 amide bonds. The molecule has 1 unspecified atom stereocenters. The van der Waals surface area contributed by atoms with Gasteiger partial charge in [0.2, 0.25) is 5.91 Å². The van der Waals surface area contributed by atoms with Gasteiger partial charge in [0.1, 0.15) is 6.54 Å². The molecule has 0 saturated carbocycles. The van der Waals surface area contributed by atoms with Gasteiger partial charge in [-0.3, -0.25) is 9.59 Å². The highest BCUT2D eigenvalue weighted by molar-refractivity contribution is 6.30. The van der Waals surface area contributed by atoms with Crippen LogP contribution in [0, 0.1) is 0 Å². The number of benzene rings is 2. The Balaban J connectivity index is 2.04. The molecular formula is C27H21ClF9N3O3. The fraction of sp³-hybridized carbons (Fsp3) is 0.296. The first-order valence-corrected chi connectivity index (χ1v) is 12.4. The monoisotopic (exact) mass is 641 g/mol. The molecule has 0 radical (unpaired) electrons. The van der Waals surface area contributed by atoms with Crippen LogP contribution in [0.1, 0.15) is 24.5 Å². The lowest BCUT2D eigenvalue weighted by atomic mass is 9.85. The van der Waals surface area contributed by atoms with Crippen molar-refractivity contribution < 1.29 is 53.9 Å². The maximum atomic E-state index is 14.4. The van der Waals surface area contributed by atoms with Gasteiger partial charge >= 0.3 is 18.5 Å². The molecule has 0 aliphatic carbocycles. The van der Waals surface area contributed by atoms with Crippen LogP contribution in [-0.2, 0) is 26.2 Å². The second-order valence-electron chi connectivity index (χ2n) is 9.22. The van der Waals surface area contributed by atoms with Crippen LogP contribution < -0.4 is 21.1 Å². The summed E-state index contributed by atoms with van der Waals surface area (Å²) in [4.78, 5) is 29.3. The minimum Gasteiger partial charge on any atom is -0.374 e. The average molecular weight is 642 g/mol. The Morgan fingerprint density at radius 2 is 1.65 bits per heavy atom.